The number of aliphatic hydroxyl groups is 1. The van der Waals surface area contributed by atoms with Gasteiger partial charge in [-0.3, -0.25) is 4.79 Å². The van der Waals surface area contributed by atoms with Crippen LogP contribution in [0.1, 0.15) is 19.8 Å². The molecule has 0 radical (unpaired) electrons. The lowest BCUT2D eigenvalue weighted by Gasteiger charge is -2.10. The fraction of sp³-hybridized carbons (Fsp3) is 0.900. The van der Waals surface area contributed by atoms with Gasteiger partial charge < -0.3 is 10.4 Å². The number of carbonyl (C=O) groups is 1. The number of aliphatic hydroxyl groups excluding tert-OH is 1. The van der Waals surface area contributed by atoms with Gasteiger partial charge in [0.05, 0.1) is 23.4 Å². The molecule has 100 valence electrons. The van der Waals surface area contributed by atoms with Crippen LogP contribution in [-0.2, 0) is 14.6 Å². The molecule has 2 N–H and O–H groups in total. The number of amides is 1. The summed E-state index contributed by atoms with van der Waals surface area (Å²) in [5, 5.41) is 11.9. The van der Waals surface area contributed by atoms with Crippen LogP contribution in [0.15, 0.2) is 0 Å². The maximum atomic E-state index is 11.4. The van der Waals surface area contributed by atoms with E-state index in [1.165, 1.54) is 11.8 Å². The highest BCUT2D eigenvalue weighted by Crippen LogP contribution is 2.23. The lowest BCUT2D eigenvalue weighted by atomic mass is 10.3. The maximum Gasteiger partial charge on any atom is 0.230 e. The fourth-order valence-corrected chi connectivity index (χ4v) is 4.99. The Balaban J connectivity index is 2.16. The van der Waals surface area contributed by atoms with Crippen molar-refractivity contribution in [3.8, 4) is 0 Å². The minimum Gasteiger partial charge on any atom is -0.391 e. The lowest BCUT2D eigenvalue weighted by Crippen LogP contribution is -2.33. The van der Waals surface area contributed by atoms with Crippen LogP contribution in [0, 0.1) is 0 Å². The molecule has 1 heterocycles. The monoisotopic (exact) mass is 281 g/mol. The fourth-order valence-electron chi connectivity index (χ4n) is 1.51. The van der Waals surface area contributed by atoms with E-state index in [0.717, 1.165) is 0 Å². The Morgan fingerprint density at radius 3 is 2.82 bits per heavy atom. The van der Waals surface area contributed by atoms with E-state index >= 15 is 0 Å². The van der Waals surface area contributed by atoms with Gasteiger partial charge in [0.25, 0.3) is 0 Å². The summed E-state index contributed by atoms with van der Waals surface area (Å²) in [6.45, 7) is 2.10. The van der Waals surface area contributed by atoms with Crippen molar-refractivity contribution in [1.82, 2.24) is 5.32 Å². The number of carbonyl (C=O) groups excluding carboxylic acids is 1. The Hall–Kier alpha value is -0.270. The number of thioether (sulfide) groups is 1. The van der Waals surface area contributed by atoms with Gasteiger partial charge in [-0.05, 0) is 12.8 Å². The molecule has 0 bridgehead atoms. The maximum absolute atomic E-state index is 11.4. The summed E-state index contributed by atoms with van der Waals surface area (Å²) in [6.07, 6.45) is 0.738. The molecule has 2 unspecified atom stereocenters. The van der Waals surface area contributed by atoms with Crippen molar-refractivity contribution in [3.05, 3.63) is 0 Å². The zero-order chi connectivity index (χ0) is 12.9. The molecule has 0 aromatic carbocycles. The zero-order valence-electron chi connectivity index (χ0n) is 9.89. The number of nitrogens with one attached hydrogen (secondary N) is 1. The molecule has 1 fully saturated rings. The van der Waals surface area contributed by atoms with Gasteiger partial charge in [-0.2, -0.15) is 0 Å². The largest absolute Gasteiger partial charge is 0.391 e. The van der Waals surface area contributed by atoms with Crippen LogP contribution < -0.4 is 5.32 Å². The first-order valence-corrected chi connectivity index (χ1v) is 8.56. The van der Waals surface area contributed by atoms with Crippen LogP contribution in [0.25, 0.3) is 0 Å². The van der Waals surface area contributed by atoms with E-state index in [0.29, 0.717) is 12.8 Å². The summed E-state index contributed by atoms with van der Waals surface area (Å²) in [7, 11) is -2.87. The minimum atomic E-state index is -2.87. The Labute approximate surface area is 106 Å². The van der Waals surface area contributed by atoms with Crippen LogP contribution in [0.5, 0.6) is 0 Å². The second-order valence-electron chi connectivity index (χ2n) is 4.20. The molecule has 1 saturated heterocycles. The molecule has 0 spiro atoms. The third-order valence-corrected chi connectivity index (χ3v) is 5.93. The molecule has 5 nitrogen and oxygen atoms in total. The van der Waals surface area contributed by atoms with Gasteiger partial charge in [0, 0.05) is 11.8 Å². The SMILES string of the molecule is CCC(O)CNC(=O)CSC1CCS(=O)(=O)C1. The van der Waals surface area contributed by atoms with E-state index in [-0.39, 0.29) is 35.0 Å². The predicted molar refractivity (Wildman–Crippen MR) is 68.8 cm³/mol. The molecular formula is C10H19NO4S2. The van der Waals surface area contributed by atoms with Gasteiger partial charge in [-0.25, -0.2) is 8.42 Å². The van der Waals surface area contributed by atoms with E-state index in [1.54, 1.807) is 0 Å². The van der Waals surface area contributed by atoms with Gasteiger partial charge in [0.15, 0.2) is 9.84 Å². The van der Waals surface area contributed by atoms with E-state index in [1.807, 2.05) is 6.92 Å². The first-order valence-electron chi connectivity index (χ1n) is 5.69. The van der Waals surface area contributed by atoms with Crippen LogP contribution in [0.3, 0.4) is 0 Å². The van der Waals surface area contributed by atoms with E-state index in [4.69, 9.17) is 0 Å². The highest BCUT2D eigenvalue weighted by Gasteiger charge is 2.28. The van der Waals surface area contributed by atoms with Crippen LogP contribution >= 0.6 is 11.8 Å². The van der Waals surface area contributed by atoms with Gasteiger partial charge in [0.1, 0.15) is 0 Å². The first kappa shape index (κ1) is 14.8. The second-order valence-corrected chi connectivity index (χ2v) is 7.72. The summed E-state index contributed by atoms with van der Waals surface area (Å²) in [5.74, 6) is 0.534. The molecular weight excluding hydrogens is 262 g/mol. The van der Waals surface area contributed by atoms with Crippen molar-refractivity contribution < 1.29 is 18.3 Å². The van der Waals surface area contributed by atoms with Crippen molar-refractivity contribution in [2.75, 3.05) is 23.8 Å². The number of hydrogen-bond acceptors (Lipinski definition) is 5. The standard InChI is InChI=1S/C10H19NO4S2/c1-2-8(12)5-11-10(13)6-16-9-3-4-17(14,15)7-9/h8-9,12H,2-7H2,1H3,(H,11,13). The van der Waals surface area contributed by atoms with Crippen LogP contribution in [-0.4, -0.2) is 54.6 Å². The van der Waals surface area contributed by atoms with Crippen molar-refractivity contribution >= 4 is 27.5 Å². The quantitative estimate of drug-likeness (QED) is 0.704. The summed E-state index contributed by atoms with van der Waals surface area (Å²) in [6, 6.07) is 0. The topological polar surface area (TPSA) is 83.5 Å². The third kappa shape index (κ3) is 5.74. The molecule has 2 atom stereocenters. The molecule has 1 rings (SSSR count). The number of sulfone groups is 1. The molecule has 1 aliphatic rings. The second kappa shape index (κ2) is 6.61. The third-order valence-electron chi connectivity index (χ3n) is 2.65. The van der Waals surface area contributed by atoms with Crippen molar-refractivity contribution in [2.24, 2.45) is 0 Å². The Kier molecular flexibility index (Phi) is 5.75. The van der Waals surface area contributed by atoms with E-state index < -0.39 is 15.9 Å². The normalized spacial score (nSPS) is 24.5. The van der Waals surface area contributed by atoms with Crippen molar-refractivity contribution in [2.45, 2.75) is 31.1 Å². The average molecular weight is 281 g/mol. The molecule has 0 aromatic rings. The van der Waals surface area contributed by atoms with Crippen LogP contribution in [0.2, 0.25) is 0 Å². The molecule has 17 heavy (non-hydrogen) atoms. The number of rotatable bonds is 6. The predicted octanol–water partition coefficient (Wildman–Crippen LogP) is -0.206. The molecule has 0 aliphatic carbocycles. The van der Waals surface area contributed by atoms with Crippen molar-refractivity contribution in [3.63, 3.8) is 0 Å². The highest BCUT2D eigenvalue weighted by atomic mass is 32.2. The van der Waals surface area contributed by atoms with Gasteiger partial charge >= 0.3 is 0 Å². The Morgan fingerprint density at radius 1 is 1.59 bits per heavy atom. The van der Waals surface area contributed by atoms with Gasteiger partial charge in [-0.1, -0.05) is 6.92 Å². The lowest BCUT2D eigenvalue weighted by molar-refractivity contribution is -0.119. The minimum absolute atomic E-state index is 0.0434. The smallest absolute Gasteiger partial charge is 0.230 e. The summed E-state index contributed by atoms with van der Waals surface area (Å²) in [5.41, 5.74) is 0. The summed E-state index contributed by atoms with van der Waals surface area (Å²) < 4.78 is 22.4. The number of hydrogen-bond donors (Lipinski definition) is 2. The van der Waals surface area contributed by atoms with E-state index in [2.05, 4.69) is 5.32 Å². The molecule has 0 saturated carbocycles. The Bertz CT molecular complexity index is 355. The molecule has 1 aliphatic heterocycles. The van der Waals surface area contributed by atoms with Crippen molar-refractivity contribution in [1.29, 1.82) is 0 Å². The van der Waals surface area contributed by atoms with E-state index in [9.17, 15) is 18.3 Å². The summed E-state index contributed by atoms with van der Waals surface area (Å²) in [4.78, 5) is 11.4. The van der Waals surface area contributed by atoms with Gasteiger partial charge in [-0.15, -0.1) is 11.8 Å². The first-order chi connectivity index (χ1) is 7.93. The summed E-state index contributed by atoms with van der Waals surface area (Å²) >= 11 is 1.38. The molecule has 7 heteroatoms. The van der Waals surface area contributed by atoms with Gasteiger partial charge in [0.2, 0.25) is 5.91 Å². The zero-order valence-corrected chi connectivity index (χ0v) is 11.5. The molecule has 0 aromatic heterocycles. The van der Waals surface area contributed by atoms with Crippen LogP contribution in [0.4, 0.5) is 0 Å². The highest BCUT2D eigenvalue weighted by molar-refractivity contribution is 8.02. The Morgan fingerprint density at radius 2 is 2.29 bits per heavy atom. The average Bonchev–Trinajstić information content (AvgIpc) is 2.63. The molecule has 1 amide bonds.